The second kappa shape index (κ2) is 7.29. The maximum absolute atomic E-state index is 13.7. The van der Waals surface area contributed by atoms with Gasteiger partial charge in [-0.15, -0.1) is 0 Å². The van der Waals surface area contributed by atoms with Crippen LogP contribution in [0.25, 0.3) is 0 Å². The summed E-state index contributed by atoms with van der Waals surface area (Å²) in [6.07, 6.45) is 4.36. The number of rotatable bonds is 5. The first-order valence-electron chi connectivity index (χ1n) is 6.38. The first-order chi connectivity index (χ1) is 9.60. The van der Waals surface area contributed by atoms with Crippen molar-refractivity contribution in [2.24, 2.45) is 0 Å². The van der Waals surface area contributed by atoms with Gasteiger partial charge in [-0.05, 0) is 74.2 Å². The van der Waals surface area contributed by atoms with Gasteiger partial charge in [0.05, 0.1) is 4.47 Å². The zero-order chi connectivity index (χ0) is 14.5. The second-order valence-electron chi connectivity index (χ2n) is 4.50. The molecule has 0 aliphatic rings. The number of hydrogen-bond donors (Lipinski definition) is 1. The first-order valence-corrected chi connectivity index (χ1v) is 7.96. The summed E-state index contributed by atoms with van der Waals surface area (Å²) in [5, 5.41) is 3.39. The zero-order valence-electron chi connectivity index (χ0n) is 11.0. The molecule has 106 valence electrons. The third kappa shape index (κ3) is 4.11. The molecule has 20 heavy (non-hydrogen) atoms. The van der Waals surface area contributed by atoms with E-state index >= 15 is 0 Å². The fourth-order valence-electron chi connectivity index (χ4n) is 2.09. The lowest BCUT2D eigenvalue weighted by atomic mass is 10.00. The number of aromatic nitrogens is 1. The van der Waals surface area contributed by atoms with Crippen molar-refractivity contribution in [2.75, 3.05) is 6.54 Å². The molecule has 1 aromatic carbocycles. The molecule has 1 N–H and O–H groups in total. The smallest absolute Gasteiger partial charge is 0.137 e. The van der Waals surface area contributed by atoms with Gasteiger partial charge in [0.15, 0.2) is 0 Å². The molecule has 1 atom stereocenters. The maximum Gasteiger partial charge on any atom is 0.137 e. The molecule has 0 amide bonds. The lowest BCUT2D eigenvalue weighted by Crippen LogP contribution is -2.23. The highest BCUT2D eigenvalue weighted by atomic mass is 79.9. The van der Waals surface area contributed by atoms with E-state index in [2.05, 4.69) is 42.2 Å². The molecule has 2 nitrogen and oxygen atoms in total. The van der Waals surface area contributed by atoms with Gasteiger partial charge in [-0.1, -0.05) is 13.0 Å². The molecule has 2 rings (SSSR count). The zero-order valence-corrected chi connectivity index (χ0v) is 14.2. The van der Waals surface area contributed by atoms with Crippen molar-refractivity contribution in [3.8, 4) is 0 Å². The van der Waals surface area contributed by atoms with Crippen LogP contribution in [0.4, 0.5) is 4.39 Å². The topological polar surface area (TPSA) is 24.9 Å². The SMILES string of the molecule is CCNC(Cc1cncc(Br)c1)c1ccc(Br)c(F)c1. The molecular weight excluding hydrogens is 387 g/mol. The summed E-state index contributed by atoms with van der Waals surface area (Å²) in [4.78, 5) is 4.17. The molecule has 0 fully saturated rings. The van der Waals surface area contributed by atoms with E-state index in [1.807, 2.05) is 25.3 Å². The number of nitrogens with one attached hydrogen (secondary N) is 1. The lowest BCUT2D eigenvalue weighted by molar-refractivity contribution is 0.541. The number of halogens is 3. The quantitative estimate of drug-likeness (QED) is 0.789. The van der Waals surface area contributed by atoms with Gasteiger partial charge in [-0.2, -0.15) is 0 Å². The van der Waals surface area contributed by atoms with Gasteiger partial charge in [0.25, 0.3) is 0 Å². The van der Waals surface area contributed by atoms with Crippen LogP contribution in [-0.2, 0) is 6.42 Å². The molecular formula is C15H15Br2FN2. The Kier molecular flexibility index (Phi) is 5.69. The monoisotopic (exact) mass is 400 g/mol. The predicted molar refractivity (Wildman–Crippen MR) is 86.2 cm³/mol. The minimum atomic E-state index is -0.238. The average Bonchev–Trinajstić information content (AvgIpc) is 2.41. The van der Waals surface area contributed by atoms with Gasteiger partial charge in [-0.3, -0.25) is 4.98 Å². The van der Waals surface area contributed by atoms with Gasteiger partial charge >= 0.3 is 0 Å². The van der Waals surface area contributed by atoms with Gasteiger partial charge in [-0.25, -0.2) is 4.39 Å². The molecule has 1 heterocycles. The van der Waals surface area contributed by atoms with Crippen LogP contribution in [-0.4, -0.2) is 11.5 Å². The molecule has 1 aromatic heterocycles. The van der Waals surface area contributed by atoms with E-state index in [1.165, 1.54) is 0 Å². The summed E-state index contributed by atoms with van der Waals surface area (Å²) in [6.45, 7) is 2.87. The van der Waals surface area contributed by atoms with Crippen LogP contribution < -0.4 is 5.32 Å². The molecule has 0 aliphatic carbocycles. The number of nitrogens with zero attached hydrogens (tertiary/aromatic N) is 1. The molecule has 0 bridgehead atoms. The Morgan fingerprint density at radius 3 is 2.70 bits per heavy atom. The molecule has 5 heteroatoms. The van der Waals surface area contributed by atoms with Crippen molar-refractivity contribution < 1.29 is 4.39 Å². The number of pyridine rings is 1. The van der Waals surface area contributed by atoms with Crippen LogP contribution in [0, 0.1) is 5.82 Å². The Bertz CT molecular complexity index is 590. The standard InChI is InChI=1S/C15H15Br2FN2/c1-2-20-15(6-10-5-12(16)9-19-8-10)11-3-4-13(17)14(18)7-11/h3-5,7-9,15,20H,2,6H2,1H3. The minimum absolute atomic E-state index is 0.0682. The van der Waals surface area contributed by atoms with Crippen molar-refractivity contribution in [2.45, 2.75) is 19.4 Å². The largest absolute Gasteiger partial charge is 0.310 e. The fraction of sp³-hybridized carbons (Fsp3) is 0.267. The molecule has 0 radical (unpaired) electrons. The van der Waals surface area contributed by atoms with E-state index in [1.54, 1.807) is 18.3 Å². The van der Waals surface area contributed by atoms with Crippen molar-refractivity contribution in [3.05, 3.63) is 62.5 Å². The highest BCUT2D eigenvalue weighted by molar-refractivity contribution is 9.10. The van der Waals surface area contributed by atoms with E-state index in [0.29, 0.717) is 4.47 Å². The molecule has 2 aromatic rings. The molecule has 0 spiro atoms. The average molecular weight is 402 g/mol. The Hall–Kier alpha value is -0.780. The maximum atomic E-state index is 13.7. The van der Waals surface area contributed by atoms with Crippen molar-refractivity contribution in [3.63, 3.8) is 0 Å². The molecule has 1 unspecified atom stereocenters. The van der Waals surface area contributed by atoms with Gasteiger partial charge < -0.3 is 5.32 Å². The third-order valence-electron chi connectivity index (χ3n) is 3.00. The van der Waals surface area contributed by atoms with Crippen LogP contribution in [0.15, 0.2) is 45.6 Å². The molecule has 0 saturated heterocycles. The van der Waals surface area contributed by atoms with Crippen LogP contribution in [0.1, 0.15) is 24.1 Å². The van der Waals surface area contributed by atoms with Crippen LogP contribution >= 0.6 is 31.9 Å². The Labute approximate surface area is 135 Å². The highest BCUT2D eigenvalue weighted by Gasteiger charge is 2.13. The van der Waals surface area contributed by atoms with Gasteiger partial charge in [0.2, 0.25) is 0 Å². The second-order valence-corrected chi connectivity index (χ2v) is 6.27. The van der Waals surface area contributed by atoms with E-state index in [-0.39, 0.29) is 11.9 Å². The Morgan fingerprint density at radius 2 is 2.05 bits per heavy atom. The number of benzene rings is 1. The van der Waals surface area contributed by atoms with E-state index in [0.717, 1.165) is 28.6 Å². The van der Waals surface area contributed by atoms with Crippen LogP contribution in [0.2, 0.25) is 0 Å². The van der Waals surface area contributed by atoms with Crippen molar-refractivity contribution in [1.29, 1.82) is 0 Å². The third-order valence-corrected chi connectivity index (χ3v) is 4.07. The number of hydrogen-bond acceptors (Lipinski definition) is 2. The van der Waals surface area contributed by atoms with Crippen LogP contribution in [0.5, 0.6) is 0 Å². The van der Waals surface area contributed by atoms with Crippen LogP contribution in [0.3, 0.4) is 0 Å². The van der Waals surface area contributed by atoms with E-state index in [9.17, 15) is 4.39 Å². The summed E-state index contributed by atoms with van der Waals surface area (Å²) < 4.78 is 15.1. The summed E-state index contributed by atoms with van der Waals surface area (Å²) in [7, 11) is 0. The normalized spacial score (nSPS) is 12.4. The van der Waals surface area contributed by atoms with E-state index < -0.39 is 0 Å². The fourth-order valence-corrected chi connectivity index (χ4v) is 2.75. The summed E-state index contributed by atoms with van der Waals surface area (Å²) in [5.74, 6) is -0.238. The highest BCUT2D eigenvalue weighted by Crippen LogP contribution is 2.24. The number of likely N-dealkylation sites (N-methyl/N-ethyl adjacent to an activating group) is 1. The summed E-state index contributed by atoms with van der Waals surface area (Å²) >= 11 is 6.60. The van der Waals surface area contributed by atoms with Crippen molar-refractivity contribution >= 4 is 31.9 Å². The van der Waals surface area contributed by atoms with Crippen molar-refractivity contribution in [1.82, 2.24) is 10.3 Å². The first kappa shape index (κ1) is 15.6. The molecule has 0 aliphatic heterocycles. The summed E-state index contributed by atoms with van der Waals surface area (Å²) in [6, 6.07) is 7.36. The van der Waals surface area contributed by atoms with Gasteiger partial charge in [0, 0.05) is 22.9 Å². The molecule has 0 saturated carbocycles. The van der Waals surface area contributed by atoms with Gasteiger partial charge in [0.1, 0.15) is 5.82 Å². The lowest BCUT2D eigenvalue weighted by Gasteiger charge is -2.19. The predicted octanol–water partition coefficient (Wildman–Crippen LogP) is 4.64. The minimum Gasteiger partial charge on any atom is -0.310 e. The summed E-state index contributed by atoms with van der Waals surface area (Å²) in [5.41, 5.74) is 2.04. The Balaban J connectivity index is 2.24. The Morgan fingerprint density at radius 1 is 1.25 bits per heavy atom. The van der Waals surface area contributed by atoms with E-state index in [4.69, 9.17) is 0 Å².